The molecule has 2 N–H and O–H groups in total. The number of halogens is 2. The second kappa shape index (κ2) is 5.91. The fourth-order valence-electron chi connectivity index (χ4n) is 2.22. The minimum atomic E-state index is -0.415. The molecule has 4 nitrogen and oxygen atoms in total. The Kier molecular flexibility index (Phi) is 3.96. The third kappa shape index (κ3) is 3.03. The maximum atomic E-state index is 12.0. The van der Waals surface area contributed by atoms with Gasteiger partial charge in [-0.05, 0) is 35.9 Å². The lowest BCUT2D eigenvalue weighted by Crippen LogP contribution is -2.03. The first-order chi connectivity index (χ1) is 10.5. The monoisotopic (exact) mass is 335 g/mol. The van der Waals surface area contributed by atoms with Crippen molar-refractivity contribution in [1.29, 1.82) is 0 Å². The van der Waals surface area contributed by atoms with Gasteiger partial charge in [-0.25, -0.2) is 4.79 Å². The third-order valence-corrected chi connectivity index (χ3v) is 3.60. The summed E-state index contributed by atoms with van der Waals surface area (Å²) in [5, 5.41) is 13.5. The molecule has 0 aliphatic carbocycles. The van der Waals surface area contributed by atoms with Gasteiger partial charge in [0.15, 0.2) is 0 Å². The summed E-state index contributed by atoms with van der Waals surface area (Å²) in [6.07, 6.45) is 0. The molecule has 2 aromatic rings. The second-order valence-corrected chi connectivity index (χ2v) is 5.63. The number of ether oxygens (including phenoxy) is 1. The van der Waals surface area contributed by atoms with Crippen molar-refractivity contribution in [2.75, 3.05) is 11.9 Å². The van der Waals surface area contributed by atoms with Crippen molar-refractivity contribution in [3.8, 4) is 5.75 Å². The van der Waals surface area contributed by atoms with Crippen LogP contribution in [0.15, 0.2) is 48.2 Å². The van der Waals surface area contributed by atoms with E-state index in [1.807, 2.05) is 0 Å². The predicted molar refractivity (Wildman–Crippen MR) is 86.1 cm³/mol. The lowest BCUT2D eigenvalue weighted by Gasteiger charge is -2.09. The van der Waals surface area contributed by atoms with Gasteiger partial charge in [0.05, 0.1) is 11.3 Å². The molecule has 0 bridgehead atoms. The molecule has 3 rings (SSSR count). The molecule has 0 spiro atoms. The van der Waals surface area contributed by atoms with Gasteiger partial charge in [0.1, 0.15) is 12.4 Å². The molecule has 0 unspecified atom stereocenters. The number of esters is 1. The molecule has 0 aromatic heterocycles. The van der Waals surface area contributed by atoms with Crippen LogP contribution in [0, 0.1) is 0 Å². The summed E-state index contributed by atoms with van der Waals surface area (Å²) in [6.45, 7) is 0.138. The van der Waals surface area contributed by atoms with E-state index in [0.29, 0.717) is 32.6 Å². The number of nitrogens with one attached hydrogen (secondary N) is 1. The second-order valence-electron chi connectivity index (χ2n) is 4.76. The van der Waals surface area contributed by atoms with Gasteiger partial charge in [-0.15, -0.1) is 0 Å². The molecule has 22 heavy (non-hydrogen) atoms. The summed E-state index contributed by atoms with van der Waals surface area (Å²) in [6, 6.07) is 11.4. The van der Waals surface area contributed by atoms with Gasteiger partial charge in [0, 0.05) is 15.7 Å². The van der Waals surface area contributed by atoms with Crippen LogP contribution < -0.4 is 5.32 Å². The largest absolute Gasteiger partial charge is 0.508 e. The fourth-order valence-corrected chi connectivity index (χ4v) is 2.75. The minimum Gasteiger partial charge on any atom is -0.508 e. The van der Waals surface area contributed by atoms with Crippen LogP contribution in [-0.2, 0) is 9.53 Å². The molecule has 2 aromatic carbocycles. The van der Waals surface area contributed by atoms with E-state index in [1.165, 1.54) is 12.1 Å². The predicted octanol–water partition coefficient (Wildman–Crippen LogP) is 4.08. The van der Waals surface area contributed by atoms with E-state index >= 15 is 0 Å². The Morgan fingerprint density at radius 2 is 1.68 bits per heavy atom. The van der Waals surface area contributed by atoms with Crippen LogP contribution >= 0.6 is 23.2 Å². The van der Waals surface area contributed by atoms with Crippen LogP contribution in [0.1, 0.15) is 5.56 Å². The molecule has 0 amide bonds. The van der Waals surface area contributed by atoms with Gasteiger partial charge in [-0.1, -0.05) is 35.3 Å². The summed E-state index contributed by atoms with van der Waals surface area (Å²) in [5.74, 6) is -0.284. The number of phenolic OH excluding ortho intramolecular Hbond substituents is 1. The molecular formula is C16H11Cl2NO3. The third-order valence-electron chi connectivity index (χ3n) is 3.17. The smallest absolute Gasteiger partial charge is 0.341 e. The molecule has 6 heteroatoms. The van der Waals surface area contributed by atoms with Crippen LogP contribution in [0.3, 0.4) is 0 Å². The highest BCUT2D eigenvalue weighted by Gasteiger charge is 2.26. The van der Waals surface area contributed by atoms with E-state index in [0.717, 1.165) is 0 Å². The number of cyclic esters (lactones) is 1. The van der Waals surface area contributed by atoms with Gasteiger partial charge in [0.25, 0.3) is 0 Å². The highest BCUT2D eigenvalue weighted by molar-refractivity contribution is 6.35. The number of carbonyl (C=O) groups is 1. The standard InChI is InChI=1S/C16H11Cl2NO3/c17-10-5-11(18)7-12(6-10)19-14-8-22-16(21)15(14)9-1-3-13(20)4-2-9/h1-7,19-20H,8H2. The fraction of sp³-hybridized carbons (Fsp3) is 0.0625. The zero-order chi connectivity index (χ0) is 15.7. The van der Waals surface area contributed by atoms with Gasteiger partial charge < -0.3 is 15.2 Å². The quantitative estimate of drug-likeness (QED) is 0.830. The van der Waals surface area contributed by atoms with Crippen molar-refractivity contribution in [3.63, 3.8) is 0 Å². The van der Waals surface area contributed by atoms with Gasteiger partial charge in [0.2, 0.25) is 0 Å². The number of anilines is 1. The first kappa shape index (κ1) is 14.8. The Labute approximate surface area is 136 Å². The highest BCUT2D eigenvalue weighted by atomic mass is 35.5. The number of hydrogen-bond acceptors (Lipinski definition) is 4. The van der Waals surface area contributed by atoms with Crippen molar-refractivity contribution in [2.45, 2.75) is 0 Å². The summed E-state index contributed by atoms with van der Waals surface area (Å²) < 4.78 is 5.09. The Bertz CT molecular complexity index is 749. The van der Waals surface area contributed by atoms with Crippen LogP contribution in [0.2, 0.25) is 10.0 Å². The van der Waals surface area contributed by atoms with E-state index in [-0.39, 0.29) is 12.4 Å². The van der Waals surface area contributed by atoms with Crippen molar-refractivity contribution in [2.24, 2.45) is 0 Å². The lowest BCUT2D eigenvalue weighted by molar-refractivity contribution is -0.134. The topological polar surface area (TPSA) is 58.6 Å². The van der Waals surface area contributed by atoms with Crippen LogP contribution in [-0.4, -0.2) is 17.7 Å². The van der Waals surface area contributed by atoms with Crippen molar-refractivity contribution >= 4 is 40.4 Å². The van der Waals surface area contributed by atoms with E-state index in [2.05, 4.69) is 5.32 Å². The summed E-state index contributed by atoms with van der Waals surface area (Å²) in [4.78, 5) is 12.0. The maximum Gasteiger partial charge on any atom is 0.341 e. The van der Waals surface area contributed by atoms with Crippen LogP contribution in [0.4, 0.5) is 5.69 Å². The normalized spacial score (nSPS) is 14.2. The average Bonchev–Trinajstić information content (AvgIpc) is 2.80. The van der Waals surface area contributed by atoms with Crippen LogP contribution in [0.5, 0.6) is 5.75 Å². The number of carbonyl (C=O) groups excluding carboxylic acids is 1. The molecule has 0 fully saturated rings. The van der Waals surface area contributed by atoms with E-state index in [9.17, 15) is 9.90 Å². The van der Waals surface area contributed by atoms with E-state index in [4.69, 9.17) is 27.9 Å². The van der Waals surface area contributed by atoms with E-state index in [1.54, 1.807) is 30.3 Å². The minimum absolute atomic E-state index is 0.131. The van der Waals surface area contributed by atoms with Crippen LogP contribution in [0.25, 0.3) is 5.57 Å². The Balaban J connectivity index is 1.98. The lowest BCUT2D eigenvalue weighted by atomic mass is 10.0. The molecule has 1 aliphatic rings. The Morgan fingerprint density at radius 3 is 2.32 bits per heavy atom. The summed E-state index contributed by atoms with van der Waals surface area (Å²) in [5.41, 5.74) is 2.38. The molecule has 0 saturated heterocycles. The molecule has 0 saturated carbocycles. The Hall–Kier alpha value is -2.17. The molecule has 1 aliphatic heterocycles. The Morgan fingerprint density at radius 1 is 1.05 bits per heavy atom. The maximum absolute atomic E-state index is 12.0. The summed E-state index contributed by atoms with van der Waals surface area (Å²) >= 11 is 11.9. The van der Waals surface area contributed by atoms with Crippen molar-refractivity contribution < 1.29 is 14.6 Å². The highest BCUT2D eigenvalue weighted by Crippen LogP contribution is 2.30. The number of phenols is 1. The number of rotatable bonds is 3. The SMILES string of the molecule is O=C1OCC(Nc2cc(Cl)cc(Cl)c2)=C1c1ccc(O)cc1. The van der Waals surface area contributed by atoms with E-state index < -0.39 is 5.97 Å². The number of aromatic hydroxyl groups is 1. The number of benzene rings is 2. The molecule has 1 heterocycles. The molecule has 0 atom stereocenters. The molecule has 0 radical (unpaired) electrons. The van der Waals surface area contributed by atoms with Gasteiger partial charge in [-0.2, -0.15) is 0 Å². The van der Waals surface area contributed by atoms with Gasteiger partial charge in [-0.3, -0.25) is 0 Å². The molecular weight excluding hydrogens is 325 g/mol. The number of hydrogen-bond donors (Lipinski definition) is 2. The van der Waals surface area contributed by atoms with Gasteiger partial charge >= 0.3 is 5.97 Å². The average molecular weight is 336 g/mol. The van der Waals surface area contributed by atoms with Crippen molar-refractivity contribution in [1.82, 2.24) is 0 Å². The first-order valence-corrected chi connectivity index (χ1v) is 7.21. The van der Waals surface area contributed by atoms with Crippen molar-refractivity contribution in [3.05, 3.63) is 63.8 Å². The summed E-state index contributed by atoms with van der Waals surface area (Å²) in [7, 11) is 0. The molecule has 112 valence electrons. The first-order valence-electron chi connectivity index (χ1n) is 6.46. The zero-order valence-corrected chi connectivity index (χ0v) is 12.8. The zero-order valence-electron chi connectivity index (χ0n) is 11.3.